The Balaban J connectivity index is 1.46. The molecule has 3 aromatic rings. The largest absolute Gasteiger partial charge is 0.423 e. The van der Waals surface area contributed by atoms with E-state index < -0.39 is 23.2 Å². The number of amides is 2. The highest BCUT2D eigenvalue weighted by Crippen LogP contribution is 2.55. The van der Waals surface area contributed by atoms with Gasteiger partial charge in [-0.2, -0.15) is 0 Å². The van der Waals surface area contributed by atoms with Gasteiger partial charge in [0.05, 0.1) is 18.1 Å². The summed E-state index contributed by atoms with van der Waals surface area (Å²) in [7, 11) is 0. The Hall–Kier alpha value is -3.43. The van der Waals surface area contributed by atoms with Crippen molar-refractivity contribution in [3.63, 3.8) is 0 Å². The predicted molar refractivity (Wildman–Crippen MR) is 110 cm³/mol. The maximum atomic E-state index is 14.8. The number of likely N-dealkylation sites (tertiary alicyclic amines) is 1. The quantitative estimate of drug-likeness (QED) is 0.650. The Labute approximate surface area is 183 Å². The van der Waals surface area contributed by atoms with E-state index in [9.17, 15) is 13.6 Å². The van der Waals surface area contributed by atoms with Crippen molar-refractivity contribution in [3.8, 4) is 11.4 Å². The minimum atomic E-state index is -0.683. The molecular formula is C22H22F2N6O2. The van der Waals surface area contributed by atoms with Crippen molar-refractivity contribution in [2.24, 2.45) is 5.92 Å². The van der Waals surface area contributed by atoms with Crippen LogP contribution in [0.15, 0.2) is 28.9 Å². The number of benzene rings is 1. The van der Waals surface area contributed by atoms with Gasteiger partial charge in [-0.05, 0) is 43.4 Å². The number of piperidine rings is 1. The summed E-state index contributed by atoms with van der Waals surface area (Å²) in [5, 5.41) is 10.8. The molecule has 10 heteroatoms. The summed E-state index contributed by atoms with van der Waals surface area (Å²) in [5.41, 5.74) is 0.386. The maximum absolute atomic E-state index is 14.8. The molecule has 2 aliphatic rings. The monoisotopic (exact) mass is 440 g/mol. The number of rotatable bonds is 3. The molecule has 32 heavy (non-hydrogen) atoms. The van der Waals surface area contributed by atoms with Crippen LogP contribution in [-0.4, -0.2) is 37.1 Å². The Morgan fingerprint density at radius 2 is 1.94 bits per heavy atom. The fourth-order valence-electron chi connectivity index (χ4n) is 5.07. The second-order valence-electron chi connectivity index (χ2n) is 8.73. The summed E-state index contributed by atoms with van der Waals surface area (Å²) in [6.45, 7) is 5.54. The Morgan fingerprint density at radius 3 is 2.62 bits per heavy atom. The first-order valence-corrected chi connectivity index (χ1v) is 10.5. The van der Waals surface area contributed by atoms with Gasteiger partial charge in [0.25, 0.3) is 0 Å². The molecule has 1 aliphatic heterocycles. The van der Waals surface area contributed by atoms with Gasteiger partial charge in [0.15, 0.2) is 11.6 Å². The third-order valence-corrected chi connectivity index (χ3v) is 6.32. The molecule has 2 amide bonds. The van der Waals surface area contributed by atoms with Crippen molar-refractivity contribution in [1.29, 1.82) is 0 Å². The van der Waals surface area contributed by atoms with Crippen LogP contribution in [0.4, 0.5) is 19.3 Å². The van der Waals surface area contributed by atoms with Crippen molar-refractivity contribution in [2.75, 3.05) is 5.32 Å². The van der Waals surface area contributed by atoms with Gasteiger partial charge < -0.3 is 14.6 Å². The topological polar surface area (TPSA) is 97.0 Å². The lowest BCUT2D eigenvalue weighted by molar-refractivity contribution is -0.110. The second-order valence-corrected chi connectivity index (χ2v) is 8.73. The Bertz CT molecular complexity index is 1200. The number of aromatic nitrogens is 4. The summed E-state index contributed by atoms with van der Waals surface area (Å²) in [5.74, 6) is 0.337. The zero-order valence-electron chi connectivity index (χ0n) is 17.9. The lowest BCUT2D eigenvalue weighted by atomic mass is 9.64. The van der Waals surface area contributed by atoms with Crippen molar-refractivity contribution < 1.29 is 18.0 Å². The van der Waals surface area contributed by atoms with Crippen LogP contribution < -0.4 is 5.32 Å². The van der Waals surface area contributed by atoms with Gasteiger partial charge in [-0.15, -0.1) is 10.2 Å². The highest BCUT2D eigenvalue weighted by atomic mass is 19.1. The van der Waals surface area contributed by atoms with Gasteiger partial charge in [0, 0.05) is 24.9 Å². The Kier molecular flexibility index (Phi) is 4.68. The van der Waals surface area contributed by atoms with Crippen LogP contribution in [0.25, 0.3) is 11.4 Å². The fourth-order valence-corrected chi connectivity index (χ4v) is 5.07. The number of nitrogens with zero attached hydrogens (tertiary/aromatic N) is 5. The number of carbonyl (C=O) groups is 1. The van der Waals surface area contributed by atoms with E-state index in [1.165, 1.54) is 12.1 Å². The molecule has 166 valence electrons. The van der Waals surface area contributed by atoms with Crippen molar-refractivity contribution in [3.05, 3.63) is 53.5 Å². The van der Waals surface area contributed by atoms with Crippen LogP contribution >= 0.6 is 0 Å². The highest BCUT2D eigenvalue weighted by Gasteiger charge is 2.62. The van der Waals surface area contributed by atoms with Crippen LogP contribution in [0.1, 0.15) is 43.5 Å². The average molecular weight is 440 g/mol. The van der Waals surface area contributed by atoms with Crippen molar-refractivity contribution in [2.45, 2.75) is 51.6 Å². The number of hydrogen-bond acceptors (Lipinski definition) is 6. The van der Waals surface area contributed by atoms with E-state index >= 15 is 0 Å². The van der Waals surface area contributed by atoms with Gasteiger partial charge in [-0.1, -0.05) is 6.92 Å². The molecule has 5 rings (SSSR count). The van der Waals surface area contributed by atoms with Crippen LogP contribution in [0.5, 0.6) is 0 Å². The summed E-state index contributed by atoms with van der Waals surface area (Å²) >= 11 is 0. The lowest BCUT2D eigenvalue weighted by Crippen LogP contribution is -2.70. The standard InChI is InChI=1S/C22H22F2N6O2/c1-11-4-15-8-22(7-11,20-29-28-13(3)32-20)30(15)21(31)27-18-6-16(12(2)5-17(18)24)19-25-9-14(23)10-26-19/h5-6,9-11,15H,4,7-8H2,1-3H3,(H,27,31)/t11-,15?,22?/m0/s1. The van der Waals surface area contributed by atoms with E-state index in [2.05, 4.69) is 32.4 Å². The summed E-state index contributed by atoms with van der Waals surface area (Å²) < 4.78 is 33.7. The molecule has 1 saturated heterocycles. The van der Waals surface area contributed by atoms with E-state index in [1.807, 2.05) is 0 Å². The van der Waals surface area contributed by atoms with E-state index in [0.717, 1.165) is 25.2 Å². The number of hydrogen-bond donors (Lipinski definition) is 1. The molecule has 2 bridgehead atoms. The molecule has 1 aromatic carbocycles. The molecule has 3 heterocycles. The molecule has 2 unspecified atom stereocenters. The van der Waals surface area contributed by atoms with Crippen LogP contribution in [0.3, 0.4) is 0 Å². The van der Waals surface area contributed by atoms with Gasteiger partial charge in [-0.3, -0.25) is 0 Å². The Morgan fingerprint density at radius 1 is 1.19 bits per heavy atom. The first-order chi connectivity index (χ1) is 15.3. The second kappa shape index (κ2) is 7.32. The van der Waals surface area contributed by atoms with Gasteiger partial charge >= 0.3 is 6.03 Å². The smallest absolute Gasteiger partial charge is 0.323 e. The highest BCUT2D eigenvalue weighted by molar-refractivity contribution is 5.92. The van der Waals surface area contributed by atoms with Crippen LogP contribution in [0, 0.1) is 31.4 Å². The zero-order chi connectivity index (χ0) is 22.6. The van der Waals surface area contributed by atoms with E-state index in [0.29, 0.717) is 35.2 Å². The third kappa shape index (κ3) is 3.21. The summed E-state index contributed by atoms with van der Waals surface area (Å²) in [6.07, 6.45) is 4.37. The van der Waals surface area contributed by atoms with Gasteiger partial charge in [-0.25, -0.2) is 23.5 Å². The molecule has 2 fully saturated rings. The summed E-state index contributed by atoms with van der Waals surface area (Å²) in [4.78, 5) is 22.9. The molecule has 3 atom stereocenters. The number of anilines is 1. The molecular weight excluding hydrogens is 418 g/mol. The predicted octanol–water partition coefficient (Wildman–Crippen LogP) is 4.35. The molecule has 2 aromatic heterocycles. The van der Waals surface area contributed by atoms with Crippen LogP contribution in [0.2, 0.25) is 0 Å². The molecule has 0 spiro atoms. The molecule has 0 radical (unpaired) electrons. The molecule has 1 saturated carbocycles. The van der Waals surface area contributed by atoms with E-state index in [-0.39, 0.29) is 17.6 Å². The maximum Gasteiger partial charge on any atom is 0.323 e. The number of aryl methyl sites for hydroxylation is 2. The van der Waals surface area contributed by atoms with Gasteiger partial charge in [0.1, 0.15) is 11.4 Å². The minimum absolute atomic E-state index is 0.00148. The lowest BCUT2D eigenvalue weighted by Gasteiger charge is -2.61. The minimum Gasteiger partial charge on any atom is -0.423 e. The van der Waals surface area contributed by atoms with E-state index in [4.69, 9.17) is 4.42 Å². The molecule has 1 aliphatic carbocycles. The number of carbonyl (C=O) groups excluding carboxylic acids is 1. The number of fused-ring (bicyclic) bond motifs is 2. The fraction of sp³-hybridized carbons (Fsp3) is 0.409. The SMILES string of the molecule is Cc1nnc(C23CC(C[C@H](C)C2)N3C(=O)Nc2cc(-c3ncc(F)cn3)c(C)cc2F)o1. The summed E-state index contributed by atoms with van der Waals surface area (Å²) in [6, 6.07) is 2.35. The first-order valence-electron chi connectivity index (χ1n) is 10.5. The number of halogens is 2. The van der Waals surface area contributed by atoms with E-state index in [1.54, 1.807) is 18.7 Å². The molecule has 1 N–H and O–H groups in total. The zero-order valence-corrected chi connectivity index (χ0v) is 17.9. The number of urea groups is 1. The van der Waals surface area contributed by atoms with Crippen molar-refractivity contribution >= 4 is 11.7 Å². The van der Waals surface area contributed by atoms with Crippen molar-refractivity contribution in [1.82, 2.24) is 25.1 Å². The van der Waals surface area contributed by atoms with Gasteiger partial charge in [0.2, 0.25) is 11.8 Å². The average Bonchev–Trinajstić information content (AvgIpc) is 3.17. The third-order valence-electron chi connectivity index (χ3n) is 6.32. The molecule has 8 nitrogen and oxygen atoms in total. The van der Waals surface area contributed by atoms with Crippen LogP contribution in [-0.2, 0) is 5.54 Å². The first kappa shape index (κ1) is 20.5. The normalized spacial score (nSPS) is 24.2. The number of nitrogens with one attached hydrogen (secondary N) is 1.